The summed E-state index contributed by atoms with van der Waals surface area (Å²) >= 11 is 0. The van der Waals surface area contributed by atoms with Gasteiger partial charge in [-0.05, 0) is 24.2 Å². The summed E-state index contributed by atoms with van der Waals surface area (Å²) in [5.41, 5.74) is 0.0835. The summed E-state index contributed by atoms with van der Waals surface area (Å²) in [5.74, 6) is -2.34. The number of carbonyl (C=O) groups excluding carboxylic acids is 5. The van der Waals surface area contributed by atoms with Crippen LogP contribution in [0, 0.1) is 23.7 Å². The molecule has 0 radical (unpaired) electrons. The van der Waals surface area contributed by atoms with Gasteiger partial charge in [-0.25, -0.2) is 4.98 Å². The molecule has 1 fully saturated rings. The second-order valence-electron chi connectivity index (χ2n) is 9.04. The Morgan fingerprint density at radius 3 is 2.30 bits per heavy atom. The zero-order valence-corrected chi connectivity index (χ0v) is 19.5. The molecule has 1 aromatic rings. The number of hydrogen-bond donors (Lipinski definition) is 3. The smallest absolute Gasteiger partial charge is 0.272 e. The minimum absolute atomic E-state index is 0.0406. The van der Waals surface area contributed by atoms with Crippen LogP contribution >= 0.6 is 0 Å². The van der Waals surface area contributed by atoms with Gasteiger partial charge in [0.2, 0.25) is 11.8 Å². The molecule has 0 aromatic carbocycles. The maximum atomic E-state index is 13.0. The van der Waals surface area contributed by atoms with Crippen molar-refractivity contribution in [2.24, 2.45) is 23.7 Å². The average Bonchev–Trinajstić information content (AvgIpc) is 3.13. The molecule has 0 spiro atoms. The SMILES string of the molecule is CC(C)[C@H](NC(=O)[C@H](NC(=O)c1cnccn1)C(C)C)C(=O)NC[C@@H]1C(=O)CC[C@@H]1CC=O. The Labute approximate surface area is 193 Å². The van der Waals surface area contributed by atoms with E-state index in [0.717, 1.165) is 6.29 Å². The third-order valence-corrected chi connectivity index (χ3v) is 5.92. The summed E-state index contributed by atoms with van der Waals surface area (Å²) in [6, 6.07) is -1.74. The van der Waals surface area contributed by atoms with E-state index in [1.807, 2.05) is 0 Å². The van der Waals surface area contributed by atoms with Gasteiger partial charge in [0.25, 0.3) is 5.91 Å². The molecule has 10 heteroatoms. The summed E-state index contributed by atoms with van der Waals surface area (Å²) in [4.78, 5) is 69.1. The van der Waals surface area contributed by atoms with Crippen molar-refractivity contribution in [3.63, 3.8) is 0 Å². The molecular weight excluding hydrogens is 426 g/mol. The van der Waals surface area contributed by atoms with E-state index < -0.39 is 35.7 Å². The Balaban J connectivity index is 2.02. The van der Waals surface area contributed by atoms with Crippen molar-refractivity contribution >= 4 is 29.8 Å². The van der Waals surface area contributed by atoms with Gasteiger partial charge < -0.3 is 20.7 Å². The number of hydrogen-bond acceptors (Lipinski definition) is 7. The van der Waals surface area contributed by atoms with Crippen molar-refractivity contribution in [2.75, 3.05) is 6.54 Å². The van der Waals surface area contributed by atoms with Crippen LogP contribution in [0.5, 0.6) is 0 Å². The van der Waals surface area contributed by atoms with E-state index in [0.29, 0.717) is 12.8 Å². The van der Waals surface area contributed by atoms with Gasteiger partial charge in [0, 0.05) is 37.7 Å². The Morgan fingerprint density at radius 1 is 1.06 bits per heavy atom. The highest BCUT2D eigenvalue weighted by Crippen LogP contribution is 2.30. The van der Waals surface area contributed by atoms with Gasteiger partial charge in [-0.1, -0.05) is 27.7 Å². The monoisotopic (exact) mass is 459 g/mol. The van der Waals surface area contributed by atoms with Crippen molar-refractivity contribution in [1.29, 1.82) is 0 Å². The van der Waals surface area contributed by atoms with Gasteiger partial charge in [0.15, 0.2) is 0 Å². The number of aromatic nitrogens is 2. The normalized spacial score (nSPS) is 19.8. The van der Waals surface area contributed by atoms with E-state index in [1.165, 1.54) is 18.6 Å². The summed E-state index contributed by atoms with van der Waals surface area (Å²) in [7, 11) is 0. The first kappa shape index (κ1) is 26.1. The molecule has 1 aliphatic carbocycles. The van der Waals surface area contributed by atoms with Crippen LogP contribution in [0.15, 0.2) is 18.6 Å². The van der Waals surface area contributed by atoms with Gasteiger partial charge >= 0.3 is 0 Å². The van der Waals surface area contributed by atoms with Gasteiger partial charge in [-0.2, -0.15) is 0 Å². The fourth-order valence-electron chi connectivity index (χ4n) is 3.93. The van der Waals surface area contributed by atoms with Crippen LogP contribution in [0.4, 0.5) is 0 Å². The minimum Gasteiger partial charge on any atom is -0.354 e. The standard InChI is InChI=1S/C23H33N5O5/c1-13(2)19(22(32)26-11-16-15(7-10-29)5-6-18(16)30)28-23(33)20(14(3)4)27-21(31)17-12-24-8-9-25-17/h8-10,12-16,19-20H,5-7,11H2,1-4H3,(H,26,32)(H,27,31)(H,28,33)/t15-,16+,19+,20-/m1/s1. The average molecular weight is 460 g/mol. The molecule has 1 heterocycles. The summed E-state index contributed by atoms with van der Waals surface area (Å²) in [5, 5.41) is 8.16. The lowest BCUT2D eigenvalue weighted by Gasteiger charge is -2.27. The lowest BCUT2D eigenvalue weighted by molar-refractivity contribution is -0.132. The van der Waals surface area contributed by atoms with E-state index in [-0.39, 0.29) is 42.2 Å². The first-order chi connectivity index (χ1) is 15.6. The Hall–Kier alpha value is -3.17. The van der Waals surface area contributed by atoms with E-state index in [4.69, 9.17) is 0 Å². The minimum atomic E-state index is -0.887. The van der Waals surface area contributed by atoms with Crippen molar-refractivity contribution in [3.8, 4) is 0 Å². The number of Topliss-reactive ketones (excluding diaryl/α,β-unsaturated/α-hetero) is 1. The summed E-state index contributed by atoms with van der Waals surface area (Å²) in [6.45, 7) is 7.28. The van der Waals surface area contributed by atoms with E-state index in [9.17, 15) is 24.0 Å². The van der Waals surface area contributed by atoms with Crippen LogP contribution in [0.25, 0.3) is 0 Å². The molecule has 4 atom stereocenters. The van der Waals surface area contributed by atoms with Crippen LogP contribution in [0.3, 0.4) is 0 Å². The second-order valence-corrected chi connectivity index (χ2v) is 9.04. The molecule has 0 unspecified atom stereocenters. The lowest BCUT2D eigenvalue weighted by atomic mass is 9.92. The molecule has 2 rings (SSSR count). The fourth-order valence-corrected chi connectivity index (χ4v) is 3.93. The Kier molecular flexibility index (Phi) is 9.62. The molecule has 1 saturated carbocycles. The van der Waals surface area contributed by atoms with Crippen LogP contribution in [-0.4, -0.2) is 58.4 Å². The quantitative estimate of drug-likeness (QED) is 0.412. The van der Waals surface area contributed by atoms with Crippen molar-refractivity contribution < 1.29 is 24.0 Å². The van der Waals surface area contributed by atoms with Crippen LogP contribution in [0.2, 0.25) is 0 Å². The highest BCUT2D eigenvalue weighted by molar-refractivity contribution is 5.97. The maximum Gasteiger partial charge on any atom is 0.272 e. The molecule has 0 aliphatic heterocycles. The second kappa shape index (κ2) is 12.2. The molecule has 180 valence electrons. The summed E-state index contributed by atoms with van der Waals surface area (Å²) in [6.07, 6.45) is 6.27. The fraction of sp³-hybridized carbons (Fsp3) is 0.609. The zero-order valence-electron chi connectivity index (χ0n) is 19.5. The predicted octanol–water partition coefficient (Wildman–Crippen LogP) is 0.672. The third-order valence-electron chi connectivity index (χ3n) is 5.92. The topological polar surface area (TPSA) is 147 Å². The lowest BCUT2D eigenvalue weighted by Crippen LogP contribution is -2.57. The molecule has 0 bridgehead atoms. The van der Waals surface area contributed by atoms with Crippen molar-refractivity contribution in [2.45, 2.75) is 59.0 Å². The first-order valence-corrected chi connectivity index (χ1v) is 11.3. The van der Waals surface area contributed by atoms with E-state index in [2.05, 4.69) is 25.9 Å². The number of aldehydes is 1. The molecule has 10 nitrogen and oxygen atoms in total. The van der Waals surface area contributed by atoms with Crippen molar-refractivity contribution in [1.82, 2.24) is 25.9 Å². The largest absolute Gasteiger partial charge is 0.354 e. The molecule has 33 heavy (non-hydrogen) atoms. The first-order valence-electron chi connectivity index (χ1n) is 11.3. The van der Waals surface area contributed by atoms with E-state index >= 15 is 0 Å². The highest BCUT2D eigenvalue weighted by Gasteiger charge is 2.36. The van der Waals surface area contributed by atoms with E-state index in [1.54, 1.807) is 27.7 Å². The van der Waals surface area contributed by atoms with Crippen LogP contribution < -0.4 is 16.0 Å². The van der Waals surface area contributed by atoms with Crippen LogP contribution in [0.1, 0.15) is 57.4 Å². The summed E-state index contributed by atoms with van der Waals surface area (Å²) < 4.78 is 0. The number of carbonyl (C=O) groups is 5. The number of nitrogens with zero attached hydrogens (tertiary/aromatic N) is 2. The van der Waals surface area contributed by atoms with Crippen molar-refractivity contribution in [3.05, 3.63) is 24.3 Å². The molecule has 1 aromatic heterocycles. The van der Waals surface area contributed by atoms with Gasteiger partial charge in [-0.15, -0.1) is 0 Å². The van der Waals surface area contributed by atoms with Gasteiger partial charge in [0.1, 0.15) is 29.8 Å². The predicted molar refractivity (Wildman–Crippen MR) is 120 cm³/mol. The number of rotatable bonds is 11. The molecular formula is C23H33N5O5. The number of amides is 3. The molecule has 0 saturated heterocycles. The van der Waals surface area contributed by atoms with Gasteiger partial charge in [0.05, 0.1) is 6.20 Å². The van der Waals surface area contributed by atoms with Gasteiger partial charge in [-0.3, -0.25) is 24.2 Å². The molecule has 3 amide bonds. The zero-order chi connectivity index (χ0) is 24.5. The Morgan fingerprint density at radius 2 is 1.73 bits per heavy atom. The third kappa shape index (κ3) is 7.16. The number of nitrogens with one attached hydrogen (secondary N) is 3. The molecule has 1 aliphatic rings. The maximum absolute atomic E-state index is 13.0. The highest BCUT2D eigenvalue weighted by atomic mass is 16.2. The molecule has 3 N–H and O–H groups in total. The van der Waals surface area contributed by atoms with Crippen LogP contribution in [-0.2, 0) is 19.2 Å². The Bertz CT molecular complexity index is 858. The number of ketones is 1.